The number of carbonyl (C=O) groups excluding carboxylic acids is 2. The Labute approximate surface area is 120 Å². The van der Waals surface area contributed by atoms with Gasteiger partial charge < -0.3 is 15.0 Å². The second-order valence-electron chi connectivity index (χ2n) is 5.66. The molecule has 2 fully saturated rings. The van der Waals surface area contributed by atoms with E-state index in [9.17, 15) is 9.59 Å². The topological polar surface area (TPSA) is 61.9 Å². The van der Waals surface area contributed by atoms with Crippen molar-refractivity contribution in [2.45, 2.75) is 32.7 Å². The van der Waals surface area contributed by atoms with Crippen molar-refractivity contribution in [1.29, 1.82) is 0 Å². The van der Waals surface area contributed by atoms with E-state index < -0.39 is 0 Å². The molecular formula is C14H25N3O3. The van der Waals surface area contributed by atoms with Crippen molar-refractivity contribution in [2.24, 2.45) is 5.92 Å². The molecule has 0 aromatic heterocycles. The first kappa shape index (κ1) is 15.1. The number of nitrogens with zero attached hydrogens (tertiary/aromatic N) is 2. The first-order valence-electron chi connectivity index (χ1n) is 7.53. The molecule has 0 radical (unpaired) electrons. The smallest absolute Gasteiger partial charge is 0.409 e. The van der Waals surface area contributed by atoms with E-state index >= 15 is 0 Å². The minimum atomic E-state index is -0.251. The lowest BCUT2D eigenvalue weighted by Gasteiger charge is -2.33. The Morgan fingerprint density at radius 2 is 1.90 bits per heavy atom. The van der Waals surface area contributed by atoms with Crippen molar-refractivity contribution in [3.63, 3.8) is 0 Å². The summed E-state index contributed by atoms with van der Waals surface area (Å²) in [5.41, 5.74) is 0. The first-order valence-corrected chi connectivity index (χ1v) is 7.53. The standard InChI is InChI=1S/C14H25N3O3/c1-3-20-14(19)17-8-6-16(7-9-17)10-13(18)15-11(2)12-4-5-12/h11-12H,3-10H2,1-2H3,(H,15,18). The lowest BCUT2D eigenvalue weighted by molar-refractivity contribution is -0.123. The number of nitrogens with one attached hydrogen (secondary N) is 1. The molecule has 2 aliphatic rings. The molecule has 1 saturated heterocycles. The average molecular weight is 283 g/mol. The Morgan fingerprint density at radius 3 is 2.45 bits per heavy atom. The van der Waals surface area contributed by atoms with Gasteiger partial charge in [-0.3, -0.25) is 9.69 Å². The molecule has 0 aromatic carbocycles. The molecule has 6 nitrogen and oxygen atoms in total. The van der Waals surface area contributed by atoms with E-state index in [1.807, 2.05) is 0 Å². The average Bonchev–Trinajstić information content (AvgIpc) is 3.24. The Bertz CT molecular complexity index is 350. The first-order chi connectivity index (χ1) is 9.60. The molecule has 1 N–H and O–H groups in total. The highest BCUT2D eigenvalue weighted by Crippen LogP contribution is 2.32. The van der Waals surface area contributed by atoms with Gasteiger partial charge in [0.25, 0.3) is 0 Å². The van der Waals surface area contributed by atoms with Crippen LogP contribution in [0.4, 0.5) is 4.79 Å². The molecule has 0 aromatic rings. The lowest BCUT2D eigenvalue weighted by atomic mass is 10.2. The van der Waals surface area contributed by atoms with Crippen LogP contribution in [-0.4, -0.2) is 67.2 Å². The molecule has 1 aliphatic carbocycles. The molecule has 1 aliphatic heterocycles. The van der Waals surface area contributed by atoms with Crippen molar-refractivity contribution in [3.8, 4) is 0 Å². The van der Waals surface area contributed by atoms with Gasteiger partial charge in [0.2, 0.25) is 5.91 Å². The van der Waals surface area contributed by atoms with Crippen LogP contribution >= 0.6 is 0 Å². The van der Waals surface area contributed by atoms with Crippen molar-refractivity contribution in [2.75, 3.05) is 39.3 Å². The summed E-state index contributed by atoms with van der Waals surface area (Å²) in [6.07, 6.45) is 2.22. The summed E-state index contributed by atoms with van der Waals surface area (Å²) >= 11 is 0. The molecule has 1 unspecified atom stereocenters. The molecule has 0 bridgehead atoms. The monoisotopic (exact) mass is 283 g/mol. The molecule has 1 saturated carbocycles. The van der Waals surface area contributed by atoms with E-state index in [1.54, 1.807) is 11.8 Å². The fraction of sp³-hybridized carbons (Fsp3) is 0.857. The van der Waals surface area contributed by atoms with Crippen LogP contribution in [0.15, 0.2) is 0 Å². The lowest BCUT2D eigenvalue weighted by Crippen LogP contribution is -2.52. The van der Waals surface area contributed by atoms with Crippen LogP contribution in [0.25, 0.3) is 0 Å². The predicted molar refractivity (Wildman–Crippen MR) is 75.4 cm³/mol. The van der Waals surface area contributed by atoms with Crippen molar-refractivity contribution >= 4 is 12.0 Å². The fourth-order valence-electron chi connectivity index (χ4n) is 2.52. The highest BCUT2D eigenvalue weighted by atomic mass is 16.6. The summed E-state index contributed by atoms with van der Waals surface area (Å²) in [7, 11) is 0. The largest absolute Gasteiger partial charge is 0.450 e. The van der Waals surface area contributed by atoms with E-state index in [0.29, 0.717) is 38.2 Å². The number of hydrogen-bond donors (Lipinski definition) is 1. The molecule has 2 rings (SSSR count). The third kappa shape index (κ3) is 4.37. The van der Waals surface area contributed by atoms with Crippen molar-refractivity contribution in [3.05, 3.63) is 0 Å². The van der Waals surface area contributed by atoms with E-state index in [1.165, 1.54) is 12.8 Å². The third-order valence-electron chi connectivity index (χ3n) is 3.98. The van der Waals surface area contributed by atoms with Gasteiger partial charge in [0.05, 0.1) is 13.2 Å². The van der Waals surface area contributed by atoms with Gasteiger partial charge in [-0.1, -0.05) is 0 Å². The molecule has 2 amide bonds. The van der Waals surface area contributed by atoms with Crippen LogP contribution in [0.2, 0.25) is 0 Å². The molecular weight excluding hydrogens is 258 g/mol. The molecule has 114 valence electrons. The molecule has 20 heavy (non-hydrogen) atoms. The summed E-state index contributed by atoms with van der Waals surface area (Å²) in [6.45, 7) is 7.42. The van der Waals surface area contributed by atoms with Crippen LogP contribution in [0, 0.1) is 5.92 Å². The SMILES string of the molecule is CCOC(=O)N1CCN(CC(=O)NC(C)C2CC2)CC1. The highest BCUT2D eigenvalue weighted by Gasteiger charge is 2.29. The predicted octanol–water partition coefficient (Wildman–Crippen LogP) is 0.675. The fourth-order valence-corrected chi connectivity index (χ4v) is 2.52. The van der Waals surface area contributed by atoms with E-state index in [0.717, 1.165) is 13.1 Å². The number of hydrogen-bond acceptors (Lipinski definition) is 4. The normalized spacial score (nSPS) is 21.4. The van der Waals surface area contributed by atoms with Gasteiger partial charge in [0.15, 0.2) is 0 Å². The number of carbonyl (C=O) groups is 2. The highest BCUT2D eigenvalue weighted by molar-refractivity contribution is 5.78. The molecule has 6 heteroatoms. The van der Waals surface area contributed by atoms with Gasteiger partial charge in [-0.05, 0) is 32.6 Å². The second kappa shape index (κ2) is 6.92. The van der Waals surface area contributed by atoms with E-state index in [-0.39, 0.29) is 12.0 Å². The zero-order chi connectivity index (χ0) is 14.5. The third-order valence-corrected chi connectivity index (χ3v) is 3.98. The van der Waals surface area contributed by atoms with Gasteiger partial charge in [-0.15, -0.1) is 0 Å². The molecule has 1 atom stereocenters. The quantitative estimate of drug-likeness (QED) is 0.806. The molecule has 1 heterocycles. The Hall–Kier alpha value is -1.30. The Kier molecular flexibility index (Phi) is 5.23. The minimum absolute atomic E-state index is 0.0917. The zero-order valence-corrected chi connectivity index (χ0v) is 12.4. The van der Waals surface area contributed by atoms with Crippen LogP contribution < -0.4 is 5.32 Å². The van der Waals surface area contributed by atoms with E-state index in [2.05, 4.69) is 17.1 Å². The van der Waals surface area contributed by atoms with Crippen LogP contribution in [0.5, 0.6) is 0 Å². The van der Waals surface area contributed by atoms with Crippen LogP contribution in [-0.2, 0) is 9.53 Å². The molecule has 0 spiro atoms. The summed E-state index contributed by atoms with van der Waals surface area (Å²) in [5, 5.41) is 3.06. The van der Waals surface area contributed by atoms with Crippen molar-refractivity contribution in [1.82, 2.24) is 15.1 Å². The Balaban J connectivity index is 1.65. The Morgan fingerprint density at radius 1 is 1.25 bits per heavy atom. The maximum Gasteiger partial charge on any atom is 0.409 e. The van der Waals surface area contributed by atoms with Crippen molar-refractivity contribution < 1.29 is 14.3 Å². The van der Waals surface area contributed by atoms with E-state index in [4.69, 9.17) is 4.74 Å². The number of amides is 2. The van der Waals surface area contributed by atoms with Crippen LogP contribution in [0.1, 0.15) is 26.7 Å². The maximum absolute atomic E-state index is 11.9. The van der Waals surface area contributed by atoms with Gasteiger partial charge in [-0.25, -0.2) is 4.79 Å². The summed E-state index contributed by atoms with van der Waals surface area (Å²) < 4.78 is 4.97. The minimum Gasteiger partial charge on any atom is -0.450 e. The van der Waals surface area contributed by atoms with Gasteiger partial charge >= 0.3 is 6.09 Å². The second-order valence-corrected chi connectivity index (χ2v) is 5.66. The number of ether oxygens (including phenoxy) is 1. The number of piperazine rings is 1. The summed E-state index contributed by atoms with van der Waals surface area (Å²) in [6, 6.07) is 0.295. The summed E-state index contributed by atoms with van der Waals surface area (Å²) in [5.74, 6) is 0.772. The zero-order valence-electron chi connectivity index (χ0n) is 12.4. The van der Waals surface area contributed by atoms with Gasteiger partial charge in [0.1, 0.15) is 0 Å². The van der Waals surface area contributed by atoms with Crippen LogP contribution in [0.3, 0.4) is 0 Å². The van der Waals surface area contributed by atoms with Gasteiger partial charge in [-0.2, -0.15) is 0 Å². The number of rotatable bonds is 5. The summed E-state index contributed by atoms with van der Waals surface area (Å²) in [4.78, 5) is 27.3. The van der Waals surface area contributed by atoms with Gasteiger partial charge in [0, 0.05) is 32.2 Å². The maximum atomic E-state index is 11.9.